The van der Waals surface area contributed by atoms with Gasteiger partial charge in [-0.15, -0.1) is 0 Å². The lowest BCUT2D eigenvalue weighted by atomic mass is 9.89. The van der Waals surface area contributed by atoms with Crippen LogP contribution >= 0.6 is 0 Å². The zero-order chi connectivity index (χ0) is 13.7. The van der Waals surface area contributed by atoms with Crippen molar-refractivity contribution in [1.29, 1.82) is 0 Å². The third kappa shape index (κ3) is 3.68. The highest BCUT2D eigenvalue weighted by Crippen LogP contribution is 2.22. The van der Waals surface area contributed by atoms with Crippen LogP contribution in [0.2, 0.25) is 0 Å². The Labute approximate surface area is 115 Å². The van der Waals surface area contributed by atoms with Crippen LogP contribution in [0.4, 0.5) is 0 Å². The van der Waals surface area contributed by atoms with Crippen molar-refractivity contribution in [3.05, 3.63) is 60.2 Å². The van der Waals surface area contributed by atoms with Gasteiger partial charge in [-0.05, 0) is 34.9 Å². The van der Waals surface area contributed by atoms with E-state index in [0.717, 1.165) is 6.42 Å². The fourth-order valence-electron chi connectivity index (χ4n) is 2.28. The van der Waals surface area contributed by atoms with Gasteiger partial charge in [0.15, 0.2) is 0 Å². The molecule has 0 heterocycles. The van der Waals surface area contributed by atoms with Crippen molar-refractivity contribution in [2.75, 3.05) is 6.61 Å². The van der Waals surface area contributed by atoms with Crippen LogP contribution in [0.5, 0.6) is 0 Å². The Morgan fingerprint density at radius 3 is 1.95 bits per heavy atom. The highest BCUT2D eigenvalue weighted by Gasteiger charge is 2.12. The summed E-state index contributed by atoms with van der Waals surface area (Å²) in [5, 5.41) is 9.39. The molecule has 0 amide bonds. The zero-order valence-corrected chi connectivity index (χ0v) is 11.7. The molecule has 0 aliphatic carbocycles. The van der Waals surface area contributed by atoms with E-state index < -0.39 is 0 Å². The molecule has 0 saturated carbocycles. The minimum Gasteiger partial charge on any atom is -0.396 e. The second-order valence-electron chi connectivity index (χ2n) is 5.45. The lowest BCUT2D eigenvalue weighted by Crippen LogP contribution is -2.16. The molecule has 1 atom stereocenters. The molecule has 0 fully saturated rings. The predicted octanol–water partition coefficient (Wildman–Crippen LogP) is 4.16. The summed E-state index contributed by atoms with van der Waals surface area (Å²) in [5.41, 5.74) is 3.79. The molecule has 100 valence electrons. The first-order valence-electron chi connectivity index (χ1n) is 6.96. The van der Waals surface area contributed by atoms with Crippen molar-refractivity contribution in [2.45, 2.75) is 20.3 Å². The molecule has 2 aromatic rings. The summed E-state index contributed by atoms with van der Waals surface area (Å²) in [4.78, 5) is 0. The molecule has 1 unspecified atom stereocenters. The van der Waals surface area contributed by atoms with Crippen molar-refractivity contribution in [3.63, 3.8) is 0 Å². The first kappa shape index (κ1) is 13.8. The quantitative estimate of drug-likeness (QED) is 0.849. The van der Waals surface area contributed by atoms with Crippen LogP contribution in [0.1, 0.15) is 19.4 Å². The summed E-state index contributed by atoms with van der Waals surface area (Å²) in [6.45, 7) is 4.59. The van der Waals surface area contributed by atoms with E-state index in [9.17, 15) is 5.11 Å². The van der Waals surface area contributed by atoms with Gasteiger partial charge in [-0.25, -0.2) is 0 Å². The average Bonchev–Trinajstić information content (AvgIpc) is 2.46. The van der Waals surface area contributed by atoms with Gasteiger partial charge in [0.05, 0.1) is 0 Å². The van der Waals surface area contributed by atoms with Gasteiger partial charge in [-0.3, -0.25) is 0 Å². The maximum Gasteiger partial charge on any atom is 0.0464 e. The molecule has 0 aliphatic heterocycles. The predicted molar refractivity (Wildman–Crippen MR) is 81.0 cm³/mol. The van der Waals surface area contributed by atoms with E-state index in [-0.39, 0.29) is 6.61 Å². The Bertz CT molecular complexity index is 485. The Balaban J connectivity index is 2.11. The molecule has 1 nitrogen and oxygen atoms in total. The van der Waals surface area contributed by atoms with Crippen molar-refractivity contribution in [2.24, 2.45) is 11.8 Å². The van der Waals surface area contributed by atoms with Gasteiger partial charge in [-0.1, -0.05) is 68.4 Å². The molecule has 2 aromatic carbocycles. The lowest BCUT2D eigenvalue weighted by molar-refractivity contribution is 0.189. The second-order valence-corrected chi connectivity index (χ2v) is 5.45. The monoisotopic (exact) mass is 254 g/mol. The summed E-state index contributed by atoms with van der Waals surface area (Å²) in [6.07, 6.45) is 0.948. The molecule has 2 rings (SSSR count). The first-order chi connectivity index (χ1) is 9.20. The summed E-state index contributed by atoms with van der Waals surface area (Å²) < 4.78 is 0. The SMILES string of the molecule is CC(C)C(CO)Cc1ccc(-c2ccccc2)cc1. The third-order valence-electron chi connectivity index (χ3n) is 3.74. The van der Waals surface area contributed by atoms with Crippen LogP contribution in [-0.4, -0.2) is 11.7 Å². The normalized spacial score (nSPS) is 12.6. The van der Waals surface area contributed by atoms with Gasteiger partial charge in [0.25, 0.3) is 0 Å². The van der Waals surface area contributed by atoms with Crippen molar-refractivity contribution in [1.82, 2.24) is 0 Å². The van der Waals surface area contributed by atoms with Gasteiger partial charge in [0, 0.05) is 6.61 Å². The number of aliphatic hydroxyl groups is 1. The Kier molecular flexibility index (Phi) is 4.75. The van der Waals surface area contributed by atoms with Crippen molar-refractivity contribution < 1.29 is 5.11 Å². The fourth-order valence-corrected chi connectivity index (χ4v) is 2.28. The van der Waals surface area contributed by atoms with E-state index in [2.05, 4.69) is 62.4 Å². The van der Waals surface area contributed by atoms with Crippen molar-refractivity contribution >= 4 is 0 Å². The molecule has 0 aromatic heterocycles. The molecular formula is C18H22O. The maximum absolute atomic E-state index is 9.39. The highest BCUT2D eigenvalue weighted by molar-refractivity contribution is 5.63. The average molecular weight is 254 g/mol. The maximum atomic E-state index is 9.39. The summed E-state index contributed by atoms with van der Waals surface area (Å²) in [7, 11) is 0. The van der Waals surface area contributed by atoms with E-state index in [1.54, 1.807) is 0 Å². The van der Waals surface area contributed by atoms with E-state index in [1.807, 2.05) is 6.07 Å². The molecule has 0 spiro atoms. The molecular weight excluding hydrogens is 232 g/mol. The van der Waals surface area contributed by atoms with Gasteiger partial charge in [-0.2, -0.15) is 0 Å². The second kappa shape index (κ2) is 6.53. The van der Waals surface area contributed by atoms with Crippen LogP contribution in [0.25, 0.3) is 11.1 Å². The molecule has 0 saturated heterocycles. The summed E-state index contributed by atoms with van der Waals surface area (Å²) in [5.74, 6) is 0.862. The molecule has 0 aliphatic rings. The van der Waals surface area contributed by atoms with Gasteiger partial charge >= 0.3 is 0 Å². The van der Waals surface area contributed by atoms with Crippen LogP contribution in [-0.2, 0) is 6.42 Å². The summed E-state index contributed by atoms with van der Waals surface area (Å²) in [6, 6.07) is 19.1. The third-order valence-corrected chi connectivity index (χ3v) is 3.74. The van der Waals surface area contributed by atoms with Gasteiger partial charge < -0.3 is 5.11 Å². The summed E-state index contributed by atoms with van der Waals surface area (Å²) >= 11 is 0. The van der Waals surface area contributed by atoms with Crippen LogP contribution < -0.4 is 0 Å². The van der Waals surface area contributed by atoms with E-state index in [0.29, 0.717) is 11.8 Å². The minimum absolute atomic E-state index is 0.262. The Morgan fingerprint density at radius 1 is 0.842 bits per heavy atom. The zero-order valence-electron chi connectivity index (χ0n) is 11.7. The van der Waals surface area contributed by atoms with E-state index in [4.69, 9.17) is 0 Å². The molecule has 1 heteroatoms. The van der Waals surface area contributed by atoms with Crippen molar-refractivity contribution in [3.8, 4) is 11.1 Å². The lowest BCUT2D eigenvalue weighted by Gasteiger charge is -2.18. The minimum atomic E-state index is 0.262. The molecule has 0 bridgehead atoms. The number of hydrogen-bond donors (Lipinski definition) is 1. The number of aliphatic hydroxyl groups excluding tert-OH is 1. The largest absolute Gasteiger partial charge is 0.396 e. The number of hydrogen-bond acceptors (Lipinski definition) is 1. The standard InChI is InChI=1S/C18H22O/c1-14(2)18(13-19)12-15-8-10-17(11-9-15)16-6-4-3-5-7-16/h3-11,14,18-19H,12-13H2,1-2H3. The fraction of sp³-hybridized carbons (Fsp3) is 0.333. The van der Waals surface area contributed by atoms with E-state index in [1.165, 1.54) is 16.7 Å². The molecule has 0 radical (unpaired) electrons. The first-order valence-corrected chi connectivity index (χ1v) is 6.96. The number of benzene rings is 2. The van der Waals surface area contributed by atoms with Gasteiger partial charge in [0.2, 0.25) is 0 Å². The molecule has 19 heavy (non-hydrogen) atoms. The van der Waals surface area contributed by atoms with E-state index >= 15 is 0 Å². The Morgan fingerprint density at radius 2 is 1.42 bits per heavy atom. The van der Waals surface area contributed by atoms with Gasteiger partial charge in [0.1, 0.15) is 0 Å². The van der Waals surface area contributed by atoms with Crippen LogP contribution in [0.3, 0.4) is 0 Å². The molecule has 1 N–H and O–H groups in total. The highest BCUT2D eigenvalue weighted by atomic mass is 16.3. The Hall–Kier alpha value is -1.60. The number of rotatable bonds is 5. The topological polar surface area (TPSA) is 20.2 Å². The van der Waals surface area contributed by atoms with Crippen LogP contribution in [0.15, 0.2) is 54.6 Å². The smallest absolute Gasteiger partial charge is 0.0464 e. The van der Waals surface area contributed by atoms with Crippen LogP contribution in [0, 0.1) is 11.8 Å².